The number of aryl methyl sites for hydroxylation is 1. The van der Waals surface area contributed by atoms with Crippen molar-refractivity contribution in [1.29, 1.82) is 0 Å². The van der Waals surface area contributed by atoms with Gasteiger partial charge in [-0.15, -0.1) is 0 Å². The minimum atomic E-state index is 0.338. The Kier molecular flexibility index (Phi) is 3.31. The minimum absolute atomic E-state index is 0.338. The molecule has 1 saturated carbocycles. The normalized spacial score (nSPS) is 17.5. The van der Waals surface area contributed by atoms with Crippen molar-refractivity contribution in [3.63, 3.8) is 0 Å². The van der Waals surface area contributed by atoms with E-state index in [9.17, 15) is 0 Å². The quantitative estimate of drug-likeness (QED) is 0.826. The number of anilines is 2. The van der Waals surface area contributed by atoms with Crippen LogP contribution in [0.4, 0.5) is 11.5 Å². The van der Waals surface area contributed by atoms with E-state index in [0.717, 1.165) is 35.6 Å². The highest BCUT2D eigenvalue weighted by Crippen LogP contribution is 2.37. The molecule has 0 spiro atoms. The molecule has 1 atom stereocenters. The second-order valence-electron chi connectivity index (χ2n) is 5.58. The number of hydrogen-bond acceptors (Lipinski definition) is 3. The highest BCUT2D eigenvalue weighted by atomic mass is 15.4. The third kappa shape index (κ3) is 2.56. The van der Waals surface area contributed by atoms with Crippen LogP contribution in [0.1, 0.15) is 45.3 Å². The van der Waals surface area contributed by atoms with Gasteiger partial charge in [0.2, 0.25) is 0 Å². The summed E-state index contributed by atoms with van der Waals surface area (Å²) in [6.07, 6.45) is 2.78. The molecule has 0 bridgehead atoms. The molecular weight excluding hydrogens is 212 g/mol. The summed E-state index contributed by atoms with van der Waals surface area (Å²) < 4.78 is 1.99. The molecule has 1 aliphatic carbocycles. The van der Waals surface area contributed by atoms with E-state index in [2.05, 4.69) is 31.2 Å². The molecule has 1 heterocycles. The first-order valence-electron chi connectivity index (χ1n) is 6.59. The maximum atomic E-state index is 6.07. The molecule has 2 rings (SSSR count). The zero-order chi connectivity index (χ0) is 12.6. The van der Waals surface area contributed by atoms with Crippen molar-refractivity contribution in [2.45, 2.75) is 46.6 Å². The smallest absolute Gasteiger partial charge is 0.148 e. The first-order valence-corrected chi connectivity index (χ1v) is 6.59. The van der Waals surface area contributed by atoms with E-state index in [1.54, 1.807) is 0 Å². The van der Waals surface area contributed by atoms with Crippen LogP contribution in [0.15, 0.2) is 0 Å². The molecule has 4 nitrogen and oxygen atoms in total. The molecule has 0 radical (unpaired) electrons. The Hall–Kier alpha value is -1.19. The van der Waals surface area contributed by atoms with Crippen LogP contribution in [-0.4, -0.2) is 16.3 Å². The van der Waals surface area contributed by atoms with Crippen LogP contribution in [0.25, 0.3) is 0 Å². The van der Waals surface area contributed by atoms with E-state index in [1.807, 2.05) is 11.6 Å². The number of nitrogens with one attached hydrogen (secondary N) is 1. The van der Waals surface area contributed by atoms with Gasteiger partial charge < -0.3 is 11.1 Å². The average Bonchev–Trinajstić information content (AvgIpc) is 3.06. The Morgan fingerprint density at radius 1 is 1.41 bits per heavy atom. The van der Waals surface area contributed by atoms with E-state index in [-0.39, 0.29) is 0 Å². The monoisotopic (exact) mass is 236 g/mol. The Morgan fingerprint density at radius 3 is 2.59 bits per heavy atom. The summed E-state index contributed by atoms with van der Waals surface area (Å²) in [4.78, 5) is 0. The van der Waals surface area contributed by atoms with Crippen LogP contribution in [0.3, 0.4) is 0 Å². The number of nitrogens with zero attached hydrogens (tertiary/aromatic N) is 2. The van der Waals surface area contributed by atoms with E-state index >= 15 is 0 Å². The lowest BCUT2D eigenvalue weighted by Gasteiger charge is -2.16. The largest absolute Gasteiger partial charge is 0.394 e. The van der Waals surface area contributed by atoms with Crippen LogP contribution in [0.2, 0.25) is 0 Å². The fourth-order valence-corrected chi connectivity index (χ4v) is 2.20. The molecule has 0 saturated heterocycles. The summed E-state index contributed by atoms with van der Waals surface area (Å²) in [5, 5.41) is 7.96. The predicted molar refractivity (Wildman–Crippen MR) is 72.1 cm³/mol. The van der Waals surface area contributed by atoms with Gasteiger partial charge in [-0.2, -0.15) is 5.10 Å². The summed E-state index contributed by atoms with van der Waals surface area (Å²) in [6, 6.07) is 0.338. The number of hydrogen-bond donors (Lipinski definition) is 2. The summed E-state index contributed by atoms with van der Waals surface area (Å²) in [6.45, 7) is 9.52. The fraction of sp³-hybridized carbons (Fsp3) is 0.769. The molecule has 0 aliphatic heterocycles. The van der Waals surface area contributed by atoms with Gasteiger partial charge in [0.15, 0.2) is 0 Å². The van der Waals surface area contributed by atoms with E-state index < -0.39 is 0 Å². The first kappa shape index (κ1) is 12.3. The van der Waals surface area contributed by atoms with Crippen LogP contribution in [-0.2, 0) is 0 Å². The van der Waals surface area contributed by atoms with Gasteiger partial charge >= 0.3 is 0 Å². The molecular formula is C13H24N4. The predicted octanol–water partition coefficient (Wildman–Crippen LogP) is 2.81. The fourth-order valence-electron chi connectivity index (χ4n) is 2.20. The van der Waals surface area contributed by atoms with Gasteiger partial charge in [-0.1, -0.05) is 6.92 Å². The second-order valence-corrected chi connectivity index (χ2v) is 5.58. The molecule has 96 valence electrons. The first-order chi connectivity index (χ1) is 8.00. The van der Waals surface area contributed by atoms with Gasteiger partial charge in [-0.25, -0.2) is 4.68 Å². The minimum Gasteiger partial charge on any atom is -0.394 e. The van der Waals surface area contributed by atoms with Crippen molar-refractivity contribution in [2.24, 2.45) is 11.8 Å². The van der Waals surface area contributed by atoms with Gasteiger partial charge in [0, 0.05) is 12.6 Å². The lowest BCUT2D eigenvalue weighted by Crippen LogP contribution is -2.17. The second kappa shape index (κ2) is 4.59. The number of nitrogens with two attached hydrogens (primary N) is 1. The van der Waals surface area contributed by atoms with E-state index in [1.165, 1.54) is 12.8 Å². The highest BCUT2D eigenvalue weighted by molar-refractivity contribution is 5.64. The summed E-state index contributed by atoms with van der Waals surface area (Å²) in [5.41, 5.74) is 7.78. The molecule has 1 aliphatic rings. The third-order valence-electron chi connectivity index (χ3n) is 3.64. The van der Waals surface area contributed by atoms with Crippen LogP contribution in [0, 0.1) is 18.8 Å². The Morgan fingerprint density at radius 2 is 2.06 bits per heavy atom. The molecule has 3 N–H and O–H groups in total. The van der Waals surface area contributed by atoms with Crippen LogP contribution >= 0.6 is 0 Å². The molecule has 0 aromatic carbocycles. The highest BCUT2D eigenvalue weighted by Gasteiger charge is 2.28. The maximum Gasteiger partial charge on any atom is 0.148 e. The van der Waals surface area contributed by atoms with Gasteiger partial charge in [-0.3, -0.25) is 0 Å². The van der Waals surface area contributed by atoms with E-state index in [0.29, 0.717) is 6.04 Å². The number of nitrogen functional groups attached to an aromatic ring is 1. The van der Waals surface area contributed by atoms with Crippen molar-refractivity contribution >= 4 is 11.5 Å². The van der Waals surface area contributed by atoms with Crippen molar-refractivity contribution in [1.82, 2.24) is 9.78 Å². The summed E-state index contributed by atoms with van der Waals surface area (Å²) in [5.74, 6) is 2.63. The van der Waals surface area contributed by atoms with Gasteiger partial charge in [0.05, 0.1) is 11.4 Å². The number of aromatic nitrogens is 2. The average molecular weight is 236 g/mol. The molecule has 1 fully saturated rings. The lowest BCUT2D eigenvalue weighted by atomic mass is 10.1. The molecule has 1 aromatic heterocycles. The molecule has 17 heavy (non-hydrogen) atoms. The zero-order valence-electron chi connectivity index (χ0n) is 11.3. The zero-order valence-corrected chi connectivity index (χ0v) is 11.3. The van der Waals surface area contributed by atoms with Crippen LogP contribution in [0.5, 0.6) is 0 Å². The SMILES string of the molecule is Cc1nn(C(C)C)c(NCC(C)C2CC2)c1N. The third-order valence-corrected chi connectivity index (χ3v) is 3.64. The molecule has 1 aromatic rings. The van der Waals surface area contributed by atoms with Crippen LogP contribution < -0.4 is 11.1 Å². The Balaban J connectivity index is 2.07. The summed E-state index contributed by atoms with van der Waals surface area (Å²) >= 11 is 0. The molecule has 1 unspecified atom stereocenters. The van der Waals surface area contributed by atoms with Crippen molar-refractivity contribution in [3.8, 4) is 0 Å². The maximum absolute atomic E-state index is 6.07. The van der Waals surface area contributed by atoms with Gasteiger partial charge in [-0.05, 0) is 45.4 Å². The topological polar surface area (TPSA) is 55.9 Å². The Labute approximate surface area is 104 Å². The molecule has 4 heteroatoms. The van der Waals surface area contributed by atoms with Crippen molar-refractivity contribution in [2.75, 3.05) is 17.6 Å². The Bertz CT molecular complexity index is 390. The van der Waals surface area contributed by atoms with Gasteiger partial charge in [0.1, 0.15) is 5.82 Å². The standard InChI is InChI=1S/C13H24N4/c1-8(2)17-13(12(14)10(4)16-17)15-7-9(3)11-5-6-11/h8-9,11,15H,5-7,14H2,1-4H3. The van der Waals surface area contributed by atoms with Gasteiger partial charge in [0.25, 0.3) is 0 Å². The van der Waals surface area contributed by atoms with Crippen molar-refractivity contribution in [3.05, 3.63) is 5.69 Å². The molecule has 0 amide bonds. The summed E-state index contributed by atoms with van der Waals surface area (Å²) in [7, 11) is 0. The number of rotatable bonds is 5. The van der Waals surface area contributed by atoms with E-state index in [4.69, 9.17) is 5.73 Å². The lowest BCUT2D eigenvalue weighted by molar-refractivity contribution is 0.514. The van der Waals surface area contributed by atoms with Crippen molar-refractivity contribution < 1.29 is 0 Å².